The maximum absolute atomic E-state index is 4.29. The molecule has 4 heteroatoms. The molecule has 2 rings (SSSR count). The molecule has 0 amide bonds. The first kappa shape index (κ1) is 9.80. The van der Waals surface area contributed by atoms with E-state index in [9.17, 15) is 0 Å². The maximum Gasteiger partial charge on any atom is 0.148 e. The molecule has 2 aromatic rings. The lowest BCUT2D eigenvalue weighted by Gasteiger charge is -2.03. The van der Waals surface area contributed by atoms with Crippen molar-refractivity contribution in [3.8, 4) is 0 Å². The van der Waals surface area contributed by atoms with Gasteiger partial charge in [-0.2, -0.15) is 0 Å². The van der Waals surface area contributed by atoms with Gasteiger partial charge in [-0.1, -0.05) is 6.92 Å². The fourth-order valence-electron chi connectivity index (χ4n) is 1.29. The minimum absolute atomic E-state index is 0.827. The first-order valence-electron chi connectivity index (χ1n) is 4.63. The highest BCUT2D eigenvalue weighted by molar-refractivity contribution is 7.82. The number of hydrogen-bond donors (Lipinski definition) is 2. The molecule has 1 N–H and O–H groups in total. The molecule has 0 spiro atoms. The maximum atomic E-state index is 4.29. The molecule has 1 heterocycles. The lowest BCUT2D eigenvalue weighted by Crippen LogP contribution is -1.98. The first-order valence-corrected chi connectivity index (χ1v) is 5.89. The Kier molecular flexibility index (Phi) is 2.93. The van der Waals surface area contributed by atoms with Crippen molar-refractivity contribution in [1.29, 1.82) is 0 Å². The first-order chi connectivity index (χ1) is 6.79. The van der Waals surface area contributed by atoms with Crippen molar-refractivity contribution in [2.45, 2.75) is 17.7 Å². The molecule has 0 aliphatic heterocycles. The van der Waals surface area contributed by atoms with E-state index in [0.717, 1.165) is 28.5 Å². The van der Waals surface area contributed by atoms with E-state index in [0.29, 0.717) is 0 Å². The Morgan fingerprint density at radius 2 is 2.36 bits per heavy atom. The molecule has 14 heavy (non-hydrogen) atoms. The predicted octanol–water partition coefficient (Wildman–Crippen LogP) is 3.41. The molecular formula is C10H12N2S2. The topological polar surface area (TPSA) is 24.9 Å². The van der Waals surface area contributed by atoms with Crippen LogP contribution in [0.3, 0.4) is 0 Å². The number of fused-ring (bicyclic) bond motifs is 1. The molecule has 0 bridgehead atoms. The summed E-state index contributed by atoms with van der Waals surface area (Å²) >= 11 is 5.85. The number of aromatic nitrogens is 1. The van der Waals surface area contributed by atoms with Gasteiger partial charge >= 0.3 is 0 Å². The monoisotopic (exact) mass is 224 g/mol. The molecule has 0 radical (unpaired) electrons. The SMILES string of the molecule is CCCNc1ccc2nc(S)sc2c1. The van der Waals surface area contributed by atoms with Gasteiger partial charge in [0.25, 0.3) is 0 Å². The Bertz CT molecular complexity index is 437. The van der Waals surface area contributed by atoms with E-state index in [1.54, 1.807) is 11.3 Å². The lowest BCUT2D eigenvalue weighted by atomic mass is 10.3. The second-order valence-electron chi connectivity index (χ2n) is 3.11. The van der Waals surface area contributed by atoms with Gasteiger partial charge in [-0.05, 0) is 24.6 Å². The summed E-state index contributed by atoms with van der Waals surface area (Å²) in [6, 6.07) is 6.22. The highest BCUT2D eigenvalue weighted by Gasteiger charge is 2.01. The summed E-state index contributed by atoms with van der Waals surface area (Å²) in [6.45, 7) is 3.17. The third-order valence-electron chi connectivity index (χ3n) is 1.96. The van der Waals surface area contributed by atoms with Crippen molar-refractivity contribution in [2.24, 2.45) is 0 Å². The van der Waals surface area contributed by atoms with E-state index in [1.165, 1.54) is 4.70 Å². The van der Waals surface area contributed by atoms with Gasteiger partial charge in [0.1, 0.15) is 4.34 Å². The third kappa shape index (κ3) is 2.01. The average Bonchev–Trinajstić information content (AvgIpc) is 2.54. The number of nitrogens with zero attached hydrogens (tertiary/aromatic N) is 1. The molecule has 0 saturated carbocycles. The van der Waals surface area contributed by atoms with Gasteiger partial charge in [-0.25, -0.2) is 4.98 Å². The van der Waals surface area contributed by atoms with E-state index in [1.807, 2.05) is 6.07 Å². The van der Waals surface area contributed by atoms with Crippen molar-refractivity contribution >= 4 is 39.9 Å². The standard InChI is InChI=1S/C10H12N2S2/c1-2-5-11-7-3-4-8-9(6-7)14-10(13)12-8/h3-4,6,11H,2,5H2,1H3,(H,12,13). The van der Waals surface area contributed by atoms with Gasteiger partial charge in [0.15, 0.2) is 0 Å². The van der Waals surface area contributed by atoms with Crippen LogP contribution < -0.4 is 5.32 Å². The molecule has 0 fully saturated rings. The zero-order chi connectivity index (χ0) is 9.97. The quantitative estimate of drug-likeness (QED) is 0.781. The third-order valence-corrected chi connectivity index (χ3v) is 3.15. The summed E-state index contributed by atoms with van der Waals surface area (Å²) in [5.41, 5.74) is 2.19. The minimum atomic E-state index is 0.827. The molecule has 1 aromatic heterocycles. The molecule has 0 saturated heterocycles. The number of benzene rings is 1. The number of thiol groups is 1. The second kappa shape index (κ2) is 4.19. The molecule has 0 aliphatic carbocycles. The van der Waals surface area contributed by atoms with Gasteiger partial charge < -0.3 is 5.32 Å². The Morgan fingerprint density at radius 1 is 1.50 bits per heavy atom. The largest absolute Gasteiger partial charge is 0.385 e. The summed E-state index contributed by atoms with van der Waals surface area (Å²) in [7, 11) is 0. The molecule has 1 aromatic carbocycles. The van der Waals surface area contributed by atoms with Crippen molar-refractivity contribution in [3.63, 3.8) is 0 Å². The van der Waals surface area contributed by atoms with Crippen LogP contribution in [0.15, 0.2) is 22.5 Å². The summed E-state index contributed by atoms with van der Waals surface area (Å²) in [5, 5.41) is 3.35. The summed E-state index contributed by atoms with van der Waals surface area (Å²) in [4.78, 5) is 4.29. The average molecular weight is 224 g/mol. The molecule has 74 valence electrons. The van der Waals surface area contributed by atoms with Gasteiger partial charge in [-0.3, -0.25) is 0 Å². The Hall–Kier alpha value is -0.740. The zero-order valence-electron chi connectivity index (χ0n) is 7.95. The molecular weight excluding hydrogens is 212 g/mol. The van der Waals surface area contributed by atoms with Gasteiger partial charge in [0.05, 0.1) is 10.2 Å². The Balaban J connectivity index is 2.31. The van der Waals surface area contributed by atoms with Crippen molar-refractivity contribution in [3.05, 3.63) is 18.2 Å². The molecule has 0 unspecified atom stereocenters. The van der Waals surface area contributed by atoms with Gasteiger partial charge in [0, 0.05) is 12.2 Å². The Morgan fingerprint density at radius 3 is 3.14 bits per heavy atom. The van der Waals surface area contributed by atoms with Crippen LogP contribution in [0.2, 0.25) is 0 Å². The minimum Gasteiger partial charge on any atom is -0.385 e. The lowest BCUT2D eigenvalue weighted by molar-refractivity contribution is 0.980. The normalized spacial score (nSPS) is 10.7. The van der Waals surface area contributed by atoms with Crippen LogP contribution in [-0.4, -0.2) is 11.5 Å². The molecule has 0 aliphatic rings. The van der Waals surface area contributed by atoms with Crippen molar-refractivity contribution < 1.29 is 0 Å². The van der Waals surface area contributed by atoms with Gasteiger partial charge in [-0.15, -0.1) is 24.0 Å². The fraction of sp³-hybridized carbons (Fsp3) is 0.300. The number of thiazole rings is 1. The highest BCUT2D eigenvalue weighted by atomic mass is 32.2. The smallest absolute Gasteiger partial charge is 0.148 e. The second-order valence-corrected chi connectivity index (χ2v) is 4.86. The van der Waals surface area contributed by atoms with Crippen LogP contribution in [0.5, 0.6) is 0 Å². The Labute approximate surface area is 92.8 Å². The van der Waals surface area contributed by atoms with Crippen LogP contribution in [0.25, 0.3) is 10.2 Å². The van der Waals surface area contributed by atoms with Crippen LogP contribution in [0.4, 0.5) is 5.69 Å². The van der Waals surface area contributed by atoms with Crippen LogP contribution in [-0.2, 0) is 0 Å². The van der Waals surface area contributed by atoms with E-state index >= 15 is 0 Å². The van der Waals surface area contributed by atoms with Crippen LogP contribution >= 0.6 is 24.0 Å². The summed E-state index contributed by atoms with van der Waals surface area (Å²) < 4.78 is 2.02. The number of hydrogen-bond acceptors (Lipinski definition) is 4. The molecule has 2 nitrogen and oxygen atoms in total. The van der Waals surface area contributed by atoms with E-state index < -0.39 is 0 Å². The summed E-state index contributed by atoms with van der Waals surface area (Å²) in [5.74, 6) is 0. The number of nitrogens with one attached hydrogen (secondary N) is 1. The van der Waals surface area contributed by atoms with Crippen LogP contribution in [0, 0.1) is 0 Å². The molecule has 0 atom stereocenters. The van der Waals surface area contributed by atoms with Crippen molar-refractivity contribution in [2.75, 3.05) is 11.9 Å². The van der Waals surface area contributed by atoms with E-state index in [4.69, 9.17) is 0 Å². The number of anilines is 1. The van der Waals surface area contributed by atoms with Crippen molar-refractivity contribution in [1.82, 2.24) is 4.98 Å². The van der Waals surface area contributed by atoms with E-state index in [2.05, 4.69) is 42.0 Å². The fourth-order valence-corrected chi connectivity index (χ4v) is 2.44. The van der Waals surface area contributed by atoms with E-state index in [-0.39, 0.29) is 0 Å². The highest BCUT2D eigenvalue weighted by Crippen LogP contribution is 2.26. The van der Waals surface area contributed by atoms with Crippen LogP contribution in [0.1, 0.15) is 13.3 Å². The zero-order valence-corrected chi connectivity index (χ0v) is 9.66. The summed E-state index contributed by atoms with van der Waals surface area (Å²) in [6.07, 6.45) is 1.14. The van der Waals surface area contributed by atoms with Gasteiger partial charge in [0.2, 0.25) is 0 Å². The predicted molar refractivity (Wildman–Crippen MR) is 65.7 cm³/mol. The number of rotatable bonds is 3.